The van der Waals surface area contributed by atoms with Crippen LogP contribution in [-0.2, 0) is 11.2 Å². The molecule has 21 heavy (non-hydrogen) atoms. The van der Waals surface area contributed by atoms with Gasteiger partial charge in [0.1, 0.15) is 5.69 Å². The van der Waals surface area contributed by atoms with E-state index >= 15 is 0 Å². The molecule has 1 aromatic heterocycles. The van der Waals surface area contributed by atoms with E-state index in [2.05, 4.69) is 4.98 Å². The van der Waals surface area contributed by atoms with Crippen molar-refractivity contribution in [2.75, 3.05) is 6.61 Å². The van der Waals surface area contributed by atoms with E-state index in [1.54, 1.807) is 13.0 Å². The van der Waals surface area contributed by atoms with Crippen molar-refractivity contribution in [3.8, 4) is 0 Å². The lowest BCUT2D eigenvalue weighted by Gasteiger charge is -2.04. The van der Waals surface area contributed by atoms with Gasteiger partial charge in [0.05, 0.1) is 12.2 Å². The minimum absolute atomic E-state index is 0.120. The highest BCUT2D eigenvalue weighted by Crippen LogP contribution is 2.10. The highest BCUT2D eigenvalue weighted by molar-refractivity contribution is 5.98. The van der Waals surface area contributed by atoms with Gasteiger partial charge in [0.25, 0.3) is 0 Å². The highest BCUT2D eigenvalue weighted by atomic mass is 16.5. The van der Waals surface area contributed by atoms with Gasteiger partial charge in [-0.05, 0) is 31.5 Å². The summed E-state index contributed by atoms with van der Waals surface area (Å²) >= 11 is 0. The number of hydrogen-bond donors (Lipinski definition) is 0. The quantitative estimate of drug-likeness (QED) is 0.625. The Morgan fingerprint density at radius 2 is 1.86 bits per heavy atom. The van der Waals surface area contributed by atoms with Crippen LogP contribution < -0.4 is 0 Å². The van der Waals surface area contributed by atoms with Gasteiger partial charge in [0.15, 0.2) is 5.78 Å². The fraction of sp³-hybridized carbons (Fsp3) is 0.235. The summed E-state index contributed by atoms with van der Waals surface area (Å²) in [5, 5.41) is 0. The lowest BCUT2D eigenvalue weighted by molar-refractivity contribution is 0.0526. The molecule has 108 valence electrons. The molecule has 2 rings (SSSR count). The molecule has 4 nitrogen and oxygen atoms in total. The van der Waals surface area contributed by atoms with E-state index in [0.29, 0.717) is 12.2 Å². The SMILES string of the molecule is CCOC(=O)c1ccnc(C(=O)Cc2ccc(C)cc2)c1. The first kappa shape index (κ1) is 14.9. The summed E-state index contributed by atoms with van der Waals surface area (Å²) in [5.74, 6) is -0.561. The molecule has 0 atom stereocenters. The van der Waals surface area contributed by atoms with Crippen molar-refractivity contribution >= 4 is 11.8 Å². The van der Waals surface area contributed by atoms with Crippen molar-refractivity contribution in [2.45, 2.75) is 20.3 Å². The smallest absolute Gasteiger partial charge is 0.338 e. The summed E-state index contributed by atoms with van der Waals surface area (Å²) in [6.45, 7) is 4.03. The Balaban J connectivity index is 2.14. The third-order valence-corrected chi connectivity index (χ3v) is 3.04. The zero-order valence-electron chi connectivity index (χ0n) is 12.1. The number of ether oxygens (including phenoxy) is 1. The summed E-state index contributed by atoms with van der Waals surface area (Å²) in [5.41, 5.74) is 2.70. The van der Waals surface area contributed by atoms with Gasteiger partial charge < -0.3 is 4.74 Å². The first-order valence-corrected chi connectivity index (χ1v) is 6.82. The van der Waals surface area contributed by atoms with Gasteiger partial charge in [-0.15, -0.1) is 0 Å². The molecule has 4 heteroatoms. The average Bonchev–Trinajstić information content (AvgIpc) is 2.50. The molecule has 0 amide bonds. The number of ketones is 1. The largest absolute Gasteiger partial charge is 0.462 e. The molecule has 0 aliphatic rings. The Morgan fingerprint density at radius 3 is 2.52 bits per heavy atom. The van der Waals surface area contributed by atoms with E-state index in [4.69, 9.17) is 4.74 Å². The van der Waals surface area contributed by atoms with Gasteiger partial charge >= 0.3 is 5.97 Å². The monoisotopic (exact) mass is 283 g/mol. The maximum atomic E-state index is 12.2. The molecule has 0 aliphatic heterocycles. The van der Waals surface area contributed by atoms with Crippen molar-refractivity contribution < 1.29 is 14.3 Å². The fourth-order valence-electron chi connectivity index (χ4n) is 1.91. The lowest BCUT2D eigenvalue weighted by Crippen LogP contribution is -2.10. The Labute approximate surface area is 123 Å². The molecule has 0 spiro atoms. The van der Waals surface area contributed by atoms with Crippen molar-refractivity contribution in [1.82, 2.24) is 4.98 Å². The summed E-state index contributed by atoms with van der Waals surface area (Å²) in [4.78, 5) is 27.9. The third kappa shape index (κ3) is 3.99. The second-order valence-electron chi connectivity index (χ2n) is 4.74. The van der Waals surface area contributed by atoms with Crippen LogP contribution in [0.5, 0.6) is 0 Å². The normalized spacial score (nSPS) is 10.2. The second-order valence-corrected chi connectivity index (χ2v) is 4.74. The summed E-state index contributed by atoms with van der Waals surface area (Å²) in [6, 6.07) is 10.8. The minimum Gasteiger partial charge on any atom is -0.462 e. The Kier molecular flexibility index (Phi) is 4.82. The molecule has 0 N–H and O–H groups in total. The molecule has 0 saturated carbocycles. The van der Waals surface area contributed by atoms with Crippen LogP contribution in [0.4, 0.5) is 0 Å². The van der Waals surface area contributed by atoms with Crippen LogP contribution in [0.2, 0.25) is 0 Å². The van der Waals surface area contributed by atoms with Gasteiger partial charge in [-0.2, -0.15) is 0 Å². The molecule has 1 aromatic carbocycles. The summed E-state index contributed by atoms with van der Waals surface area (Å²) in [6.07, 6.45) is 1.72. The Morgan fingerprint density at radius 1 is 1.14 bits per heavy atom. The first-order valence-electron chi connectivity index (χ1n) is 6.82. The van der Waals surface area contributed by atoms with Crippen molar-refractivity contribution in [3.05, 3.63) is 65.0 Å². The second kappa shape index (κ2) is 6.79. The number of aryl methyl sites for hydroxylation is 1. The van der Waals surface area contributed by atoms with E-state index in [1.807, 2.05) is 31.2 Å². The van der Waals surface area contributed by atoms with E-state index < -0.39 is 5.97 Å². The average molecular weight is 283 g/mol. The Bertz CT molecular complexity index is 647. The third-order valence-electron chi connectivity index (χ3n) is 3.04. The molecule has 0 unspecified atom stereocenters. The zero-order chi connectivity index (χ0) is 15.2. The fourth-order valence-corrected chi connectivity index (χ4v) is 1.91. The van der Waals surface area contributed by atoms with Gasteiger partial charge in [0.2, 0.25) is 0 Å². The molecule has 2 aromatic rings. The number of rotatable bonds is 5. The van der Waals surface area contributed by atoms with Crippen molar-refractivity contribution in [3.63, 3.8) is 0 Å². The molecular weight excluding hydrogens is 266 g/mol. The van der Waals surface area contributed by atoms with E-state index in [-0.39, 0.29) is 17.9 Å². The maximum absolute atomic E-state index is 12.2. The highest BCUT2D eigenvalue weighted by Gasteiger charge is 2.13. The van der Waals surface area contributed by atoms with E-state index in [9.17, 15) is 9.59 Å². The van der Waals surface area contributed by atoms with Gasteiger partial charge in [-0.25, -0.2) is 4.79 Å². The number of aromatic nitrogens is 1. The minimum atomic E-state index is -0.440. The molecule has 0 radical (unpaired) electrons. The molecule has 0 bridgehead atoms. The predicted molar refractivity (Wildman–Crippen MR) is 79.4 cm³/mol. The summed E-state index contributed by atoms with van der Waals surface area (Å²) in [7, 11) is 0. The number of esters is 1. The van der Waals surface area contributed by atoms with E-state index in [1.165, 1.54) is 12.3 Å². The standard InChI is InChI=1S/C17H17NO3/c1-3-21-17(20)14-8-9-18-15(11-14)16(19)10-13-6-4-12(2)5-7-13/h4-9,11H,3,10H2,1-2H3. The molecule has 0 aliphatic carbocycles. The predicted octanol–water partition coefficient (Wildman–Crippen LogP) is 2.99. The number of Topliss-reactive ketones (excluding diaryl/α,β-unsaturated/α-hetero) is 1. The number of hydrogen-bond acceptors (Lipinski definition) is 4. The number of benzene rings is 1. The van der Waals surface area contributed by atoms with Crippen molar-refractivity contribution in [1.29, 1.82) is 0 Å². The maximum Gasteiger partial charge on any atom is 0.338 e. The van der Waals surface area contributed by atoms with Crippen LogP contribution in [0.25, 0.3) is 0 Å². The number of carbonyl (C=O) groups is 2. The Hall–Kier alpha value is -2.49. The number of nitrogens with zero attached hydrogens (tertiary/aromatic N) is 1. The van der Waals surface area contributed by atoms with Crippen LogP contribution >= 0.6 is 0 Å². The molecule has 1 heterocycles. The molecule has 0 saturated heterocycles. The zero-order valence-corrected chi connectivity index (χ0v) is 12.1. The van der Waals surface area contributed by atoms with Crippen molar-refractivity contribution in [2.24, 2.45) is 0 Å². The van der Waals surface area contributed by atoms with Crippen LogP contribution in [0.1, 0.15) is 38.9 Å². The number of pyridine rings is 1. The first-order chi connectivity index (χ1) is 10.1. The van der Waals surface area contributed by atoms with Crippen LogP contribution in [0, 0.1) is 6.92 Å². The van der Waals surface area contributed by atoms with Gasteiger partial charge in [-0.1, -0.05) is 29.8 Å². The van der Waals surface area contributed by atoms with Crippen LogP contribution in [0.3, 0.4) is 0 Å². The van der Waals surface area contributed by atoms with Gasteiger partial charge in [-0.3, -0.25) is 9.78 Å². The van der Waals surface area contributed by atoms with Crippen LogP contribution in [-0.4, -0.2) is 23.3 Å². The molecular formula is C17H17NO3. The summed E-state index contributed by atoms with van der Waals surface area (Å²) < 4.78 is 4.92. The number of carbonyl (C=O) groups excluding carboxylic acids is 2. The van der Waals surface area contributed by atoms with Gasteiger partial charge in [0, 0.05) is 12.6 Å². The molecule has 0 fully saturated rings. The van der Waals surface area contributed by atoms with E-state index in [0.717, 1.165) is 11.1 Å². The topological polar surface area (TPSA) is 56.3 Å². The van der Waals surface area contributed by atoms with Crippen LogP contribution in [0.15, 0.2) is 42.6 Å². The lowest BCUT2D eigenvalue weighted by atomic mass is 10.0.